The molecule has 3 nitrogen and oxygen atoms in total. The number of aryl methyl sites for hydroxylation is 1. The Bertz CT molecular complexity index is 519. The van der Waals surface area contributed by atoms with Gasteiger partial charge in [-0.25, -0.2) is 0 Å². The van der Waals surface area contributed by atoms with Crippen LogP contribution in [-0.4, -0.2) is 29.1 Å². The first kappa shape index (κ1) is 17.7. The lowest BCUT2D eigenvalue weighted by Gasteiger charge is -2.25. The molecule has 1 aromatic carbocycles. The first-order valence-electron chi connectivity index (χ1n) is 7.45. The van der Waals surface area contributed by atoms with Gasteiger partial charge in [0.15, 0.2) is 0 Å². The molecule has 0 saturated carbocycles. The zero-order valence-corrected chi connectivity index (χ0v) is 14.4. The molecule has 1 aromatic rings. The average molecular weight is 291 g/mol. The van der Waals surface area contributed by atoms with E-state index in [1.807, 2.05) is 39.8 Å². The molecule has 0 aliphatic heterocycles. The number of nitrogens with zero attached hydrogens (tertiary/aromatic N) is 1. The van der Waals surface area contributed by atoms with E-state index in [9.17, 15) is 10.2 Å². The van der Waals surface area contributed by atoms with E-state index in [-0.39, 0.29) is 29.2 Å². The highest BCUT2D eigenvalue weighted by Crippen LogP contribution is 2.30. The molecule has 0 aliphatic carbocycles. The summed E-state index contributed by atoms with van der Waals surface area (Å²) >= 11 is 0. The van der Waals surface area contributed by atoms with Gasteiger partial charge in [-0.15, -0.1) is 0 Å². The predicted octanol–water partition coefficient (Wildman–Crippen LogP) is 3.82. The van der Waals surface area contributed by atoms with Crippen molar-refractivity contribution in [2.75, 3.05) is 6.61 Å². The van der Waals surface area contributed by atoms with Gasteiger partial charge in [0.1, 0.15) is 5.75 Å². The van der Waals surface area contributed by atoms with Crippen LogP contribution < -0.4 is 0 Å². The van der Waals surface area contributed by atoms with Crippen molar-refractivity contribution < 1.29 is 10.2 Å². The van der Waals surface area contributed by atoms with E-state index in [4.69, 9.17) is 0 Å². The second-order valence-electron chi connectivity index (χ2n) is 7.82. The van der Waals surface area contributed by atoms with Crippen molar-refractivity contribution in [3.63, 3.8) is 0 Å². The summed E-state index contributed by atoms with van der Waals surface area (Å²) in [4.78, 5) is 4.47. The van der Waals surface area contributed by atoms with Gasteiger partial charge in [-0.1, -0.05) is 47.6 Å². The fourth-order valence-electron chi connectivity index (χ4n) is 2.05. The summed E-state index contributed by atoms with van der Waals surface area (Å²) in [5.74, 6) is 0.261. The molecule has 1 rings (SSSR count). The Morgan fingerprint density at radius 3 is 2.14 bits per heavy atom. The maximum absolute atomic E-state index is 10.2. The SMILES string of the molecule is Cc1cc(C(C)(C)C)cc(C=N[C@@H](CO)C(C)(C)C)c1O. The van der Waals surface area contributed by atoms with Crippen LogP contribution in [0.1, 0.15) is 58.2 Å². The van der Waals surface area contributed by atoms with Gasteiger partial charge in [0.05, 0.1) is 12.6 Å². The van der Waals surface area contributed by atoms with E-state index in [1.165, 1.54) is 0 Å². The van der Waals surface area contributed by atoms with Crippen LogP contribution in [0.25, 0.3) is 0 Å². The van der Waals surface area contributed by atoms with Crippen molar-refractivity contribution >= 4 is 6.21 Å². The van der Waals surface area contributed by atoms with Crippen LogP contribution in [0.4, 0.5) is 0 Å². The van der Waals surface area contributed by atoms with E-state index in [0.29, 0.717) is 5.56 Å². The number of aliphatic hydroxyl groups is 1. The topological polar surface area (TPSA) is 52.8 Å². The van der Waals surface area contributed by atoms with E-state index in [1.54, 1.807) is 6.21 Å². The van der Waals surface area contributed by atoms with Crippen LogP contribution in [0.3, 0.4) is 0 Å². The highest BCUT2D eigenvalue weighted by Gasteiger charge is 2.23. The van der Waals surface area contributed by atoms with Crippen LogP contribution >= 0.6 is 0 Å². The molecule has 0 bridgehead atoms. The minimum Gasteiger partial charge on any atom is -0.507 e. The van der Waals surface area contributed by atoms with Gasteiger partial charge in [-0.3, -0.25) is 4.99 Å². The Labute approximate surface area is 128 Å². The molecule has 0 unspecified atom stereocenters. The molecule has 0 aliphatic rings. The second-order valence-corrected chi connectivity index (χ2v) is 7.82. The molecule has 0 aromatic heterocycles. The Morgan fingerprint density at radius 2 is 1.71 bits per heavy atom. The Morgan fingerprint density at radius 1 is 1.14 bits per heavy atom. The zero-order valence-electron chi connectivity index (χ0n) is 14.4. The smallest absolute Gasteiger partial charge is 0.127 e. The summed E-state index contributed by atoms with van der Waals surface area (Å²) in [5, 5.41) is 19.7. The molecule has 2 N–H and O–H groups in total. The van der Waals surface area contributed by atoms with Crippen molar-refractivity contribution in [1.29, 1.82) is 0 Å². The normalized spacial score (nSPS) is 14.7. The van der Waals surface area contributed by atoms with Gasteiger partial charge in [0.25, 0.3) is 0 Å². The third kappa shape index (κ3) is 4.57. The van der Waals surface area contributed by atoms with Crippen LogP contribution in [0.15, 0.2) is 17.1 Å². The van der Waals surface area contributed by atoms with Gasteiger partial charge in [0, 0.05) is 11.8 Å². The number of aliphatic imine (C=N–C) groups is 1. The minimum atomic E-state index is -0.185. The lowest BCUT2D eigenvalue weighted by molar-refractivity contribution is 0.191. The highest BCUT2D eigenvalue weighted by molar-refractivity contribution is 5.84. The zero-order chi connectivity index (χ0) is 16.4. The summed E-state index contributed by atoms with van der Waals surface area (Å²) < 4.78 is 0. The fraction of sp³-hybridized carbons (Fsp3) is 0.611. The predicted molar refractivity (Wildman–Crippen MR) is 89.5 cm³/mol. The van der Waals surface area contributed by atoms with E-state index < -0.39 is 0 Å². The van der Waals surface area contributed by atoms with Crippen molar-refractivity contribution in [2.45, 2.75) is 59.9 Å². The number of phenolic OH excluding ortho intramolecular Hbond substituents is 1. The van der Waals surface area contributed by atoms with Crippen molar-refractivity contribution in [2.24, 2.45) is 10.4 Å². The van der Waals surface area contributed by atoms with E-state index >= 15 is 0 Å². The van der Waals surface area contributed by atoms with Crippen molar-refractivity contribution in [3.8, 4) is 5.75 Å². The largest absolute Gasteiger partial charge is 0.507 e. The molecule has 21 heavy (non-hydrogen) atoms. The minimum absolute atomic E-state index is 0.00128. The quantitative estimate of drug-likeness (QED) is 0.832. The van der Waals surface area contributed by atoms with Crippen LogP contribution in [0, 0.1) is 12.3 Å². The van der Waals surface area contributed by atoms with Crippen molar-refractivity contribution in [3.05, 3.63) is 28.8 Å². The molecule has 0 amide bonds. The molecule has 118 valence electrons. The summed E-state index contributed by atoms with van der Waals surface area (Å²) in [7, 11) is 0. The molecule has 0 spiro atoms. The van der Waals surface area contributed by atoms with E-state index in [2.05, 4.69) is 25.8 Å². The third-order valence-corrected chi connectivity index (χ3v) is 3.76. The highest BCUT2D eigenvalue weighted by atomic mass is 16.3. The lowest BCUT2D eigenvalue weighted by atomic mass is 9.85. The summed E-state index contributed by atoms with van der Waals surface area (Å²) in [6, 6.07) is 3.80. The van der Waals surface area contributed by atoms with Gasteiger partial charge >= 0.3 is 0 Å². The van der Waals surface area contributed by atoms with Gasteiger partial charge in [-0.2, -0.15) is 0 Å². The molecule has 0 fully saturated rings. The third-order valence-electron chi connectivity index (χ3n) is 3.76. The average Bonchev–Trinajstić information content (AvgIpc) is 2.31. The molecule has 0 heterocycles. The van der Waals surface area contributed by atoms with Gasteiger partial charge in [0.2, 0.25) is 0 Å². The first-order chi connectivity index (χ1) is 9.46. The van der Waals surface area contributed by atoms with Crippen LogP contribution in [-0.2, 0) is 5.41 Å². The van der Waals surface area contributed by atoms with Crippen LogP contribution in [0.2, 0.25) is 0 Å². The first-order valence-corrected chi connectivity index (χ1v) is 7.45. The standard InChI is InChI=1S/C18H29NO2/c1-12-8-14(17(2,3)4)9-13(16(12)21)10-19-15(11-20)18(5,6)7/h8-10,15,20-21H,11H2,1-7H3/t15-/m0/s1. The summed E-state index contributed by atoms with van der Waals surface area (Å²) in [6.45, 7) is 14.5. The number of benzene rings is 1. The maximum atomic E-state index is 10.2. The summed E-state index contributed by atoms with van der Waals surface area (Å²) in [5.41, 5.74) is 2.62. The Kier molecular flexibility index (Phi) is 5.21. The second kappa shape index (κ2) is 6.18. The van der Waals surface area contributed by atoms with Crippen LogP contribution in [0.5, 0.6) is 5.75 Å². The number of hydrogen-bond donors (Lipinski definition) is 2. The molecular weight excluding hydrogens is 262 g/mol. The molecule has 3 heteroatoms. The van der Waals surface area contributed by atoms with Gasteiger partial charge in [-0.05, 0) is 34.9 Å². The lowest BCUT2D eigenvalue weighted by Crippen LogP contribution is -2.28. The van der Waals surface area contributed by atoms with Crippen molar-refractivity contribution in [1.82, 2.24) is 0 Å². The Hall–Kier alpha value is -1.35. The number of rotatable bonds is 3. The maximum Gasteiger partial charge on any atom is 0.127 e. The molecule has 1 atom stereocenters. The number of aromatic hydroxyl groups is 1. The van der Waals surface area contributed by atoms with Gasteiger partial charge < -0.3 is 10.2 Å². The molecule has 0 radical (unpaired) electrons. The summed E-state index contributed by atoms with van der Waals surface area (Å²) in [6.07, 6.45) is 1.68. The molecular formula is C18H29NO2. The fourth-order valence-corrected chi connectivity index (χ4v) is 2.05. The number of hydrogen-bond acceptors (Lipinski definition) is 3. The number of aliphatic hydroxyl groups excluding tert-OH is 1. The molecule has 0 saturated heterocycles. The number of phenols is 1. The van der Waals surface area contributed by atoms with E-state index in [0.717, 1.165) is 11.1 Å². The Balaban J connectivity index is 3.22. The monoisotopic (exact) mass is 291 g/mol.